The topological polar surface area (TPSA) is 43.4 Å². The second-order valence-electron chi connectivity index (χ2n) is 4.68. The molecule has 4 heteroatoms. The zero-order valence-corrected chi connectivity index (χ0v) is 11.1. The Morgan fingerprint density at radius 1 is 0.895 bits per heavy atom. The molecule has 2 unspecified atom stereocenters. The van der Waals surface area contributed by atoms with Crippen molar-refractivity contribution in [3.8, 4) is 5.75 Å². The monoisotopic (exact) mass is 274 g/mol. The van der Waals surface area contributed by atoms with Crippen molar-refractivity contribution < 1.29 is 12.6 Å². The lowest BCUT2D eigenvalue weighted by atomic mass is 10.1. The molecule has 1 fully saturated rings. The van der Waals surface area contributed by atoms with E-state index in [0.29, 0.717) is 12.2 Å². The van der Waals surface area contributed by atoms with Crippen molar-refractivity contribution in [1.29, 1.82) is 0 Å². The van der Waals surface area contributed by atoms with Crippen LogP contribution in [0.25, 0.3) is 0 Å². The minimum atomic E-state index is -3.54. The molecule has 0 radical (unpaired) electrons. The number of benzene rings is 2. The van der Waals surface area contributed by atoms with Crippen molar-refractivity contribution in [2.24, 2.45) is 0 Å². The van der Waals surface area contributed by atoms with Gasteiger partial charge in [0.05, 0.1) is 0 Å². The largest absolute Gasteiger partial charge is 0.382 e. The summed E-state index contributed by atoms with van der Waals surface area (Å²) in [6.07, 6.45) is 0.638. The van der Waals surface area contributed by atoms with E-state index in [9.17, 15) is 8.42 Å². The third-order valence-electron chi connectivity index (χ3n) is 3.29. The number of para-hydroxylation sites is 1. The highest BCUT2D eigenvalue weighted by Crippen LogP contribution is 2.46. The molecule has 1 saturated carbocycles. The van der Waals surface area contributed by atoms with E-state index in [2.05, 4.69) is 0 Å². The lowest BCUT2D eigenvalue weighted by Gasteiger charge is -2.06. The number of hydrogen-bond donors (Lipinski definition) is 0. The van der Waals surface area contributed by atoms with Crippen LogP contribution in [-0.4, -0.2) is 13.7 Å². The van der Waals surface area contributed by atoms with E-state index < -0.39 is 15.4 Å². The second kappa shape index (κ2) is 4.70. The molecule has 1 aliphatic carbocycles. The van der Waals surface area contributed by atoms with Crippen molar-refractivity contribution in [3.05, 3.63) is 66.2 Å². The molecule has 2 atom stereocenters. The van der Waals surface area contributed by atoms with Crippen LogP contribution in [0.5, 0.6) is 5.75 Å². The van der Waals surface area contributed by atoms with Gasteiger partial charge in [0.15, 0.2) is 0 Å². The fourth-order valence-corrected chi connectivity index (χ4v) is 3.72. The molecule has 98 valence electrons. The van der Waals surface area contributed by atoms with E-state index in [-0.39, 0.29) is 5.92 Å². The summed E-state index contributed by atoms with van der Waals surface area (Å²) in [7, 11) is -3.54. The zero-order valence-electron chi connectivity index (χ0n) is 10.3. The van der Waals surface area contributed by atoms with Crippen LogP contribution in [0.1, 0.15) is 17.9 Å². The fraction of sp³-hybridized carbons (Fsp3) is 0.200. The van der Waals surface area contributed by atoms with Crippen LogP contribution < -0.4 is 4.18 Å². The first-order chi connectivity index (χ1) is 9.17. The number of hydrogen-bond acceptors (Lipinski definition) is 3. The Labute approximate surface area is 113 Å². The maximum absolute atomic E-state index is 12.1. The summed E-state index contributed by atoms with van der Waals surface area (Å²) in [5.41, 5.74) is 1.06. The Bertz CT molecular complexity index is 650. The Kier molecular flexibility index (Phi) is 3.03. The van der Waals surface area contributed by atoms with Crippen molar-refractivity contribution in [2.45, 2.75) is 17.6 Å². The van der Waals surface area contributed by atoms with Crippen LogP contribution in [0.4, 0.5) is 0 Å². The van der Waals surface area contributed by atoms with Gasteiger partial charge in [-0.3, -0.25) is 0 Å². The van der Waals surface area contributed by atoms with Gasteiger partial charge in [-0.1, -0.05) is 48.5 Å². The van der Waals surface area contributed by atoms with Gasteiger partial charge in [0.2, 0.25) is 0 Å². The fourth-order valence-electron chi connectivity index (χ4n) is 2.21. The first-order valence-corrected chi connectivity index (χ1v) is 7.67. The first-order valence-electron chi connectivity index (χ1n) is 6.20. The summed E-state index contributed by atoms with van der Waals surface area (Å²) < 4.78 is 29.4. The average Bonchev–Trinajstić information content (AvgIpc) is 3.21. The van der Waals surface area contributed by atoms with Gasteiger partial charge < -0.3 is 4.18 Å². The van der Waals surface area contributed by atoms with Gasteiger partial charge in [0.25, 0.3) is 0 Å². The summed E-state index contributed by atoms with van der Waals surface area (Å²) in [5, 5.41) is -0.421. The van der Waals surface area contributed by atoms with E-state index in [1.807, 2.05) is 36.4 Å². The molecule has 2 aromatic carbocycles. The number of rotatable bonds is 4. The van der Waals surface area contributed by atoms with Gasteiger partial charge in [0, 0.05) is 5.92 Å². The van der Waals surface area contributed by atoms with Gasteiger partial charge in [0.1, 0.15) is 11.0 Å². The van der Waals surface area contributed by atoms with Crippen LogP contribution in [0.3, 0.4) is 0 Å². The van der Waals surface area contributed by atoms with Crippen LogP contribution >= 0.6 is 0 Å². The highest BCUT2D eigenvalue weighted by molar-refractivity contribution is 7.88. The summed E-state index contributed by atoms with van der Waals surface area (Å²) in [4.78, 5) is 0. The van der Waals surface area contributed by atoms with Crippen LogP contribution in [-0.2, 0) is 10.1 Å². The van der Waals surface area contributed by atoms with E-state index in [1.54, 1.807) is 24.3 Å². The van der Waals surface area contributed by atoms with Gasteiger partial charge in [-0.2, -0.15) is 8.42 Å². The molecule has 0 aliphatic heterocycles. The van der Waals surface area contributed by atoms with E-state index in [1.165, 1.54) is 0 Å². The highest BCUT2D eigenvalue weighted by atomic mass is 32.2. The molecule has 19 heavy (non-hydrogen) atoms. The molecule has 2 aromatic rings. The molecule has 3 rings (SSSR count). The summed E-state index contributed by atoms with van der Waals surface area (Å²) in [6, 6.07) is 18.3. The van der Waals surface area contributed by atoms with Gasteiger partial charge in [-0.25, -0.2) is 0 Å². The summed E-state index contributed by atoms with van der Waals surface area (Å²) in [5.74, 6) is 0.441. The van der Waals surface area contributed by atoms with Crippen molar-refractivity contribution in [3.63, 3.8) is 0 Å². The predicted molar refractivity (Wildman–Crippen MR) is 73.6 cm³/mol. The Balaban J connectivity index is 1.74. The lowest BCUT2D eigenvalue weighted by Crippen LogP contribution is -2.15. The Morgan fingerprint density at radius 2 is 1.47 bits per heavy atom. The molecule has 0 saturated heterocycles. The summed E-state index contributed by atoms with van der Waals surface area (Å²) in [6.45, 7) is 0. The molecule has 3 nitrogen and oxygen atoms in total. The van der Waals surface area contributed by atoms with E-state index in [4.69, 9.17) is 4.18 Å². The van der Waals surface area contributed by atoms with Crippen LogP contribution in [0.15, 0.2) is 60.7 Å². The minimum absolute atomic E-state index is 0.0647. The maximum Gasteiger partial charge on any atom is 0.312 e. The molecular formula is C15H14O3S. The first kappa shape index (κ1) is 12.2. The van der Waals surface area contributed by atoms with Gasteiger partial charge >= 0.3 is 10.1 Å². The van der Waals surface area contributed by atoms with E-state index in [0.717, 1.165) is 5.56 Å². The molecule has 0 spiro atoms. The molecule has 0 N–H and O–H groups in total. The van der Waals surface area contributed by atoms with E-state index >= 15 is 0 Å². The quantitative estimate of drug-likeness (QED) is 0.805. The lowest BCUT2D eigenvalue weighted by molar-refractivity contribution is 0.484. The molecular weight excluding hydrogens is 260 g/mol. The standard InChI is InChI=1S/C15H14O3S/c16-19(17,18-13-9-5-2-6-10-13)15-11-14(15)12-7-3-1-4-8-12/h1-10,14-15H,11H2. The zero-order chi connectivity index (χ0) is 13.3. The van der Waals surface area contributed by atoms with Crippen LogP contribution in [0, 0.1) is 0 Å². The highest BCUT2D eigenvalue weighted by Gasteiger charge is 2.49. The van der Waals surface area contributed by atoms with Gasteiger partial charge in [-0.05, 0) is 24.1 Å². The SMILES string of the molecule is O=S(=O)(Oc1ccccc1)C1CC1c1ccccc1. The minimum Gasteiger partial charge on any atom is -0.382 e. The predicted octanol–water partition coefficient (Wildman–Crippen LogP) is 2.95. The van der Waals surface area contributed by atoms with Crippen molar-refractivity contribution in [2.75, 3.05) is 0 Å². The smallest absolute Gasteiger partial charge is 0.312 e. The average molecular weight is 274 g/mol. The molecule has 0 bridgehead atoms. The second-order valence-corrected chi connectivity index (χ2v) is 6.44. The third-order valence-corrected chi connectivity index (χ3v) is 4.97. The van der Waals surface area contributed by atoms with Crippen molar-refractivity contribution >= 4 is 10.1 Å². The maximum atomic E-state index is 12.1. The Morgan fingerprint density at radius 3 is 2.11 bits per heavy atom. The third kappa shape index (κ3) is 2.63. The molecule has 1 aliphatic rings. The van der Waals surface area contributed by atoms with Crippen molar-refractivity contribution in [1.82, 2.24) is 0 Å². The molecule has 0 heterocycles. The molecule has 0 aromatic heterocycles. The Hall–Kier alpha value is -1.81. The normalized spacial score (nSPS) is 21.9. The summed E-state index contributed by atoms with van der Waals surface area (Å²) >= 11 is 0. The molecule has 0 amide bonds. The van der Waals surface area contributed by atoms with Gasteiger partial charge in [-0.15, -0.1) is 0 Å². The van der Waals surface area contributed by atoms with Crippen LogP contribution in [0.2, 0.25) is 0 Å².